The number of carbonyl (C=O) groups excluding carboxylic acids is 1. The smallest absolute Gasteiger partial charge is 0.217 e. The van der Waals surface area contributed by atoms with Crippen LogP contribution in [-0.4, -0.2) is 12.5 Å². The van der Waals surface area contributed by atoms with Gasteiger partial charge in [0.15, 0.2) is 0 Å². The highest BCUT2D eigenvalue weighted by Crippen LogP contribution is 2.30. The number of hydrogen-bond donors (Lipinski definition) is 1. The van der Waals surface area contributed by atoms with Gasteiger partial charge in [-0.3, -0.25) is 4.79 Å². The fourth-order valence-electron chi connectivity index (χ4n) is 2.20. The molecule has 22 heavy (non-hydrogen) atoms. The third-order valence-electron chi connectivity index (χ3n) is 3.14. The van der Waals surface area contributed by atoms with Gasteiger partial charge in [0.25, 0.3) is 0 Å². The van der Waals surface area contributed by atoms with E-state index in [0.717, 1.165) is 20.4 Å². The largest absolute Gasteiger partial charge is 0.494 e. The average Bonchev–Trinajstić information content (AvgIpc) is 2.49. The van der Waals surface area contributed by atoms with Gasteiger partial charge in [-0.25, -0.2) is 0 Å². The first-order valence-corrected chi connectivity index (χ1v) is 8.41. The minimum Gasteiger partial charge on any atom is -0.494 e. The number of nitrogens with one attached hydrogen (secondary N) is 1. The van der Waals surface area contributed by atoms with Gasteiger partial charge < -0.3 is 10.1 Å². The average molecular weight is 430 g/mol. The Morgan fingerprint density at radius 1 is 1.27 bits per heavy atom. The van der Waals surface area contributed by atoms with Gasteiger partial charge in [-0.2, -0.15) is 0 Å². The van der Waals surface area contributed by atoms with Gasteiger partial charge in [0.05, 0.1) is 12.6 Å². The van der Waals surface area contributed by atoms with Crippen molar-refractivity contribution in [1.29, 1.82) is 0 Å². The van der Waals surface area contributed by atoms with Gasteiger partial charge in [0, 0.05) is 15.5 Å². The van der Waals surface area contributed by atoms with E-state index in [1.165, 1.54) is 6.92 Å². The topological polar surface area (TPSA) is 38.3 Å². The van der Waals surface area contributed by atoms with Crippen LogP contribution in [0, 0.1) is 3.57 Å². The van der Waals surface area contributed by atoms with Gasteiger partial charge in [0.2, 0.25) is 5.91 Å². The van der Waals surface area contributed by atoms with Crippen LogP contribution >= 0.6 is 34.2 Å². The Morgan fingerprint density at radius 2 is 1.95 bits per heavy atom. The molecule has 0 saturated heterocycles. The lowest BCUT2D eigenvalue weighted by molar-refractivity contribution is -0.119. The van der Waals surface area contributed by atoms with Crippen LogP contribution in [0.25, 0.3) is 0 Å². The standard InChI is InChI=1S/C17H17ClINO2/c1-3-22-14-7-4-12(5-8-14)17(20-11(2)21)15-10-13(19)6-9-16(15)18/h4-10,17H,3H2,1-2H3,(H,20,21). The molecule has 2 aromatic carbocycles. The monoisotopic (exact) mass is 429 g/mol. The molecule has 1 atom stereocenters. The maximum absolute atomic E-state index is 11.6. The number of ether oxygens (including phenoxy) is 1. The fourth-order valence-corrected chi connectivity index (χ4v) is 2.94. The molecule has 0 aliphatic rings. The van der Waals surface area contributed by atoms with Crippen LogP contribution in [-0.2, 0) is 4.79 Å². The summed E-state index contributed by atoms with van der Waals surface area (Å²) in [7, 11) is 0. The molecule has 0 aliphatic heterocycles. The van der Waals surface area contributed by atoms with Gasteiger partial charge in [-0.15, -0.1) is 0 Å². The van der Waals surface area contributed by atoms with E-state index >= 15 is 0 Å². The Morgan fingerprint density at radius 3 is 2.55 bits per heavy atom. The molecule has 0 bridgehead atoms. The second-order valence-electron chi connectivity index (χ2n) is 4.80. The quantitative estimate of drug-likeness (QED) is 0.707. The maximum atomic E-state index is 11.6. The Labute approximate surface area is 149 Å². The molecule has 0 heterocycles. The zero-order valence-corrected chi connectivity index (χ0v) is 15.3. The fraction of sp³-hybridized carbons (Fsp3) is 0.235. The van der Waals surface area contributed by atoms with Crippen molar-refractivity contribution in [2.24, 2.45) is 0 Å². The van der Waals surface area contributed by atoms with E-state index in [0.29, 0.717) is 11.6 Å². The first kappa shape index (κ1) is 17.1. The summed E-state index contributed by atoms with van der Waals surface area (Å²) in [6.07, 6.45) is 0. The number of benzene rings is 2. The van der Waals surface area contributed by atoms with Gasteiger partial charge in [0.1, 0.15) is 5.75 Å². The SMILES string of the molecule is CCOc1ccc(C(NC(C)=O)c2cc(I)ccc2Cl)cc1. The minimum absolute atomic E-state index is 0.103. The molecule has 1 unspecified atom stereocenters. The summed E-state index contributed by atoms with van der Waals surface area (Å²) in [5.74, 6) is 0.704. The number of rotatable bonds is 5. The van der Waals surface area contributed by atoms with E-state index < -0.39 is 0 Å². The van der Waals surface area contributed by atoms with Crippen LogP contribution in [0.5, 0.6) is 5.75 Å². The van der Waals surface area contributed by atoms with Crippen molar-refractivity contribution in [1.82, 2.24) is 5.32 Å². The maximum Gasteiger partial charge on any atom is 0.217 e. The van der Waals surface area contributed by atoms with Crippen molar-refractivity contribution in [2.45, 2.75) is 19.9 Å². The number of hydrogen-bond acceptors (Lipinski definition) is 2. The van der Waals surface area contributed by atoms with Crippen molar-refractivity contribution in [3.63, 3.8) is 0 Å². The molecule has 1 amide bonds. The van der Waals surface area contributed by atoms with Crippen molar-refractivity contribution in [3.05, 3.63) is 62.2 Å². The minimum atomic E-state index is -0.282. The molecule has 0 spiro atoms. The Balaban J connectivity index is 2.41. The van der Waals surface area contributed by atoms with Gasteiger partial charge in [-0.05, 0) is 71.0 Å². The van der Waals surface area contributed by atoms with Crippen LogP contribution in [0.15, 0.2) is 42.5 Å². The highest BCUT2D eigenvalue weighted by Gasteiger charge is 2.18. The molecule has 2 rings (SSSR count). The molecule has 0 radical (unpaired) electrons. The molecule has 5 heteroatoms. The van der Waals surface area contributed by atoms with Crippen LogP contribution in [0.2, 0.25) is 5.02 Å². The lowest BCUT2D eigenvalue weighted by atomic mass is 9.98. The highest BCUT2D eigenvalue weighted by atomic mass is 127. The first-order valence-electron chi connectivity index (χ1n) is 6.96. The zero-order valence-electron chi connectivity index (χ0n) is 12.4. The zero-order chi connectivity index (χ0) is 16.1. The molecule has 1 N–H and O–H groups in total. The van der Waals surface area contributed by atoms with E-state index in [2.05, 4.69) is 27.9 Å². The molecule has 0 aliphatic carbocycles. The first-order chi connectivity index (χ1) is 10.5. The molecule has 0 fully saturated rings. The molecule has 3 nitrogen and oxygen atoms in total. The van der Waals surface area contributed by atoms with E-state index in [1.807, 2.05) is 49.4 Å². The third kappa shape index (κ3) is 4.36. The molecule has 0 saturated carbocycles. The van der Waals surface area contributed by atoms with E-state index in [9.17, 15) is 4.79 Å². The lowest BCUT2D eigenvalue weighted by Gasteiger charge is -2.21. The summed E-state index contributed by atoms with van der Waals surface area (Å²) in [5, 5.41) is 3.60. The number of amides is 1. The summed E-state index contributed by atoms with van der Waals surface area (Å²) < 4.78 is 6.52. The Bertz CT molecular complexity index is 658. The van der Waals surface area contributed by atoms with Crippen LogP contribution in [0.1, 0.15) is 31.0 Å². The van der Waals surface area contributed by atoms with Gasteiger partial charge >= 0.3 is 0 Å². The van der Waals surface area contributed by atoms with Crippen LogP contribution in [0.3, 0.4) is 0 Å². The summed E-state index contributed by atoms with van der Waals surface area (Å²) >= 11 is 8.56. The van der Waals surface area contributed by atoms with E-state index in [-0.39, 0.29) is 11.9 Å². The summed E-state index contributed by atoms with van der Waals surface area (Å²) in [5.41, 5.74) is 1.84. The highest BCUT2D eigenvalue weighted by molar-refractivity contribution is 14.1. The predicted octanol–water partition coefficient (Wildman–Crippen LogP) is 4.57. The second-order valence-corrected chi connectivity index (χ2v) is 6.45. The van der Waals surface area contributed by atoms with E-state index in [1.54, 1.807) is 0 Å². The van der Waals surface area contributed by atoms with Crippen molar-refractivity contribution in [2.75, 3.05) is 6.61 Å². The second kappa shape index (κ2) is 7.83. The Kier molecular flexibility index (Phi) is 6.08. The number of halogens is 2. The molecular formula is C17H17ClINO2. The molecule has 116 valence electrons. The predicted molar refractivity (Wildman–Crippen MR) is 97.4 cm³/mol. The summed E-state index contributed by atoms with van der Waals surface area (Å²) in [4.78, 5) is 11.6. The Hall–Kier alpha value is -1.27. The number of carbonyl (C=O) groups is 1. The normalized spacial score (nSPS) is 11.8. The third-order valence-corrected chi connectivity index (χ3v) is 4.16. The summed E-state index contributed by atoms with van der Waals surface area (Å²) in [6.45, 7) is 4.07. The summed E-state index contributed by atoms with van der Waals surface area (Å²) in [6, 6.07) is 13.2. The van der Waals surface area contributed by atoms with Crippen LogP contribution < -0.4 is 10.1 Å². The molecule has 2 aromatic rings. The van der Waals surface area contributed by atoms with Gasteiger partial charge in [-0.1, -0.05) is 23.7 Å². The van der Waals surface area contributed by atoms with E-state index in [4.69, 9.17) is 16.3 Å². The lowest BCUT2D eigenvalue weighted by Crippen LogP contribution is -2.27. The van der Waals surface area contributed by atoms with Crippen molar-refractivity contribution in [3.8, 4) is 5.75 Å². The van der Waals surface area contributed by atoms with Crippen molar-refractivity contribution >= 4 is 40.1 Å². The van der Waals surface area contributed by atoms with Crippen LogP contribution in [0.4, 0.5) is 0 Å². The molecular weight excluding hydrogens is 413 g/mol. The molecule has 0 aromatic heterocycles. The van der Waals surface area contributed by atoms with Crippen molar-refractivity contribution < 1.29 is 9.53 Å².